The second-order valence-electron chi connectivity index (χ2n) is 6.74. The first kappa shape index (κ1) is 19.4. The standard InChI is InChI=1S/C21H23N3O4/c1-13-7-6-8-14(2)20(13)23-18(25)11-22-19(26)12-24-16-9-4-5-10-17(16)28-15(3)21(24)27/h4-10,15H,11-12H2,1-3H3,(H,22,26)(H,23,25)/t15-/m1/s1. The normalized spacial score (nSPS) is 15.5. The number of nitrogens with one attached hydrogen (secondary N) is 2. The summed E-state index contributed by atoms with van der Waals surface area (Å²) in [7, 11) is 0. The van der Waals surface area contributed by atoms with E-state index < -0.39 is 12.0 Å². The highest BCUT2D eigenvalue weighted by Gasteiger charge is 2.32. The Morgan fingerprint density at radius 3 is 2.43 bits per heavy atom. The van der Waals surface area contributed by atoms with Gasteiger partial charge in [-0.1, -0.05) is 30.3 Å². The summed E-state index contributed by atoms with van der Waals surface area (Å²) in [5.41, 5.74) is 3.18. The van der Waals surface area contributed by atoms with Crippen LogP contribution in [-0.4, -0.2) is 36.9 Å². The molecule has 3 amide bonds. The van der Waals surface area contributed by atoms with Crippen LogP contribution in [0.3, 0.4) is 0 Å². The van der Waals surface area contributed by atoms with Gasteiger partial charge in [0.25, 0.3) is 5.91 Å². The number of hydrogen-bond donors (Lipinski definition) is 2. The van der Waals surface area contributed by atoms with Crippen LogP contribution in [0.5, 0.6) is 5.75 Å². The molecule has 146 valence electrons. The van der Waals surface area contributed by atoms with Crippen molar-refractivity contribution in [3.8, 4) is 5.75 Å². The van der Waals surface area contributed by atoms with E-state index >= 15 is 0 Å². The Balaban J connectivity index is 1.60. The maximum absolute atomic E-state index is 12.4. The third-order valence-electron chi connectivity index (χ3n) is 4.57. The van der Waals surface area contributed by atoms with Gasteiger partial charge < -0.3 is 15.4 Å². The molecular formula is C21H23N3O4. The van der Waals surface area contributed by atoms with Crippen molar-refractivity contribution in [2.45, 2.75) is 26.9 Å². The fourth-order valence-corrected chi connectivity index (χ4v) is 3.10. The summed E-state index contributed by atoms with van der Waals surface area (Å²) in [6.07, 6.45) is -0.671. The Morgan fingerprint density at radius 1 is 1.04 bits per heavy atom. The molecule has 0 aliphatic carbocycles. The van der Waals surface area contributed by atoms with E-state index in [2.05, 4.69) is 10.6 Å². The van der Waals surface area contributed by atoms with E-state index in [0.717, 1.165) is 16.8 Å². The van der Waals surface area contributed by atoms with E-state index in [1.54, 1.807) is 31.2 Å². The first-order valence-corrected chi connectivity index (χ1v) is 9.06. The van der Waals surface area contributed by atoms with Crippen molar-refractivity contribution in [2.75, 3.05) is 23.3 Å². The maximum atomic E-state index is 12.4. The third-order valence-corrected chi connectivity index (χ3v) is 4.57. The number of nitrogens with zero attached hydrogens (tertiary/aromatic N) is 1. The Hall–Kier alpha value is -3.35. The molecule has 1 atom stereocenters. The van der Waals surface area contributed by atoms with Crippen molar-refractivity contribution >= 4 is 29.1 Å². The summed E-state index contributed by atoms with van der Waals surface area (Å²) < 4.78 is 5.56. The van der Waals surface area contributed by atoms with Gasteiger partial charge >= 0.3 is 0 Å². The van der Waals surface area contributed by atoms with Gasteiger partial charge in [-0.25, -0.2) is 0 Å². The van der Waals surface area contributed by atoms with Crippen molar-refractivity contribution < 1.29 is 19.1 Å². The molecule has 28 heavy (non-hydrogen) atoms. The number of aryl methyl sites for hydroxylation is 2. The van der Waals surface area contributed by atoms with Gasteiger partial charge in [0.05, 0.1) is 12.2 Å². The van der Waals surface area contributed by atoms with Gasteiger partial charge in [0, 0.05) is 5.69 Å². The molecule has 3 rings (SSSR count). The number of ether oxygens (including phenoxy) is 1. The third kappa shape index (κ3) is 4.14. The van der Waals surface area contributed by atoms with Crippen LogP contribution in [0.1, 0.15) is 18.1 Å². The number of para-hydroxylation sites is 3. The zero-order valence-corrected chi connectivity index (χ0v) is 16.1. The zero-order valence-electron chi connectivity index (χ0n) is 16.1. The van der Waals surface area contributed by atoms with Crippen molar-refractivity contribution in [3.05, 3.63) is 53.6 Å². The molecule has 1 heterocycles. The maximum Gasteiger partial charge on any atom is 0.268 e. The van der Waals surface area contributed by atoms with Crippen LogP contribution in [0, 0.1) is 13.8 Å². The highest BCUT2D eigenvalue weighted by molar-refractivity contribution is 6.04. The lowest BCUT2D eigenvalue weighted by Crippen LogP contribution is -2.49. The highest BCUT2D eigenvalue weighted by Crippen LogP contribution is 2.33. The average molecular weight is 381 g/mol. The van der Waals surface area contributed by atoms with Crippen LogP contribution in [0.4, 0.5) is 11.4 Å². The lowest BCUT2D eigenvalue weighted by Gasteiger charge is -2.32. The van der Waals surface area contributed by atoms with Crippen molar-refractivity contribution in [1.29, 1.82) is 0 Å². The van der Waals surface area contributed by atoms with Crippen LogP contribution < -0.4 is 20.3 Å². The molecular weight excluding hydrogens is 358 g/mol. The van der Waals surface area contributed by atoms with E-state index in [-0.39, 0.29) is 24.9 Å². The fourth-order valence-electron chi connectivity index (χ4n) is 3.10. The van der Waals surface area contributed by atoms with Crippen LogP contribution in [0.2, 0.25) is 0 Å². The van der Waals surface area contributed by atoms with Crippen molar-refractivity contribution in [2.24, 2.45) is 0 Å². The van der Waals surface area contributed by atoms with Gasteiger partial charge in [-0.05, 0) is 44.0 Å². The van der Waals surface area contributed by atoms with Gasteiger partial charge in [-0.3, -0.25) is 19.3 Å². The Morgan fingerprint density at radius 2 is 1.71 bits per heavy atom. The van der Waals surface area contributed by atoms with Crippen molar-refractivity contribution in [3.63, 3.8) is 0 Å². The van der Waals surface area contributed by atoms with Gasteiger partial charge in [-0.2, -0.15) is 0 Å². The number of carbonyl (C=O) groups excluding carboxylic acids is 3. The fraction of sp³-hybridized carbons (Fsp3) is 0.286. The van der Waals surface area contributed by atoms with E-state index in [1.165, 1.54) is 4.90 Å². The molecule has 1 aliphatic heterocycles. The molecule has 0 unspecified atom stereocenters. The summed E-state index contributed by atoms with van der Waals surface area (Å²) in [5, 5.41) is 5.38. The number of anilines is 2. The van der Waals surface area contributed by atoms with Gasteiger partial charge in [-0.15, -0.1) is 0 Å². The number of benzene rings is 2. The molecule has 0 radical (unpaired) electrons. The quantitative estimate of drug-likeness (QED) is 0.831. The minimum atomic E-state index is -0.671. The predicted molar refractivity (Wildman–Crippen MR) is 106 cm³/mol. The van der Waals surface area contributed by atoms with Crippen LogP contribution in [-0.2, 0) is 14.4 Å². The monoisotopic (exact) mass is 381 g/mol. The number of hydrogen-bond acceptors (Lipinski definition) is 4. The zero-order chi connectivity index (χ0) is 20.3. The number of carbonyl (C=O) groups is 3. The topological polar surface area (TPSA) is 87.7 Å². The van der Waals surface area contributed by atoms with E-state index in [9.17, 15) is 14.4 Å². The molecule has 0 aromatic heterocycles. The van der Waals surface area contributed by atoms with Gasteiger partial charge in [0.15, 0.2) is 6.10 Å². The lowest BCUT2D eigenvalue weighted by molar-refractivity contribution is -0.128. The molecule has 0 bridgehead atoms. The molecule has 7 heteroatoms. The second kappa shape index (κ2) is 8.12. The number of amides is 3. The number of fused-ring (bicyclic) bond motifs is 1. The summed E-state index contributed by atoms with van der Waals surface area (Å²) in [4.78, 5) is 38.3. The average Bonchev–Trinajstić information content (AvgIpc) is 2.67. The van der Waals surface area contributed by atoms with E-state index in [4.69, 9.17) is 4.74 Å². The van der Waals surface area contributed by atoms with Crippen molar-refractivity contribution in [1.82, 2.24) is 5.32 Å². The Bertz CT molecular complexity index is 905. The van der Waals surface area contributed by atoms with Crippen LogP contribution >= 0.6 is 0 Å². The van der Waals surface area contributed by atoms with Gasteiger partial charge in [0.2, 0.25) is 11.8 Å². The Kier molecular flexibility index (Phi) is 5.63. The summed E-state index contributed by atoms with van der Waals surface area (Å²) in [6.45, 7) is 5.09. The van der Waals surface area contributed by atoms with Crippen LogP contribution in [0.15, 0.2) is 42.5 Å². The second-order valence-corrected chi connectivity index (χ2v) is 6.74. The van der Waals surface area contributed by atoms with Gasteiger partial charge in [0.1, 0.15) is 12.3 Å². The predicted octanol–water partition coefficient (Wildman–Crippen LogP) is 2.17. The summed E-state index contributed by atoms with van der Waals surface area (Å²) in [6, 6.07) is 12.8. The highest BCUT2D eigenvalue weighted by atomic mass is 16.5. The Labute approximate surface area is 163 Å². The minimum absolute atomic E-state index is 0.178. The van der Waals surface area contributed by atoms with E-state index in [0.29, 0.717) is 11.4 Å². The molecule has 0 fully saturated rings. The molecule has 1 aliphatic rings. The molecule has 0 spiro atoms. The summed E-state index contributed by atoms with van der Waals surface area (Å²) in [5.74, 6) is -0.495. The smallest absolute Gasteiger partial charge is 0.268 e. The molecule has 2 aromatic rings. The minimum Gasteiger partial charge on any atom is -0.479 e. The lowest BCUT2D eigenvalue weighted by atomic mass is 10.1. The SMILES string of the molecule is Cc1cccc(C)c1NC(=O)CNC(=O)CN1C(=O)[C@@H](C)Oc2ccccc21. The molecule has 2 N–H and O–H groups in total. The van der Waals surface area contributed by atoms with E-state index in [1.807, 2.05) is 32.0 Å². The molecule has 0 saturated heterocycles. The van der Waals surface area contributed by atoms with Crippen LogP contribution in [0.25, 0.3) is 0 Å². The molecule has 0 saturated carbocycles. The first-order chi connectivity index (χ1) is 13.4. The molecule has 2 aromatic carbocycles. The first-order valence-electron chi connectivity index (χ1n) is 9.06. The largest absolute Gasteiger partial charge is 0.479 e. The summed E-state index contributed by atoms with van der Waals surface area (Å²) >= 11 is 0. The number of rotatable bonds is 5. The molecule has 7 nitrogen and oxygen atoms in total.